The molecule has 0 radical (unpaired) electrons. The van der Waals surface area contributed by atoms with Gasteiger partial charge in [0, 0.05) is 13.6 Å². The Morgan fingerprint density at radius 1 is 1.08 bits per heavy atom. The van der Waals surface area contributed by atoms with Crippen molar-refractivity contribution in [1.82, 2.24) is 4.90 Å². The van der Waals surface area contributed by atoms with Gasteiger partial charge in [-0.15, -0.1) is 0 Å². The van der Waals surface area contributed by atoms with Gasteiger partial charge in [0.2, 0.25) is 0 Å². The lowest BCUT2D eigenvalue weighted by Crippen LogP contribution is -2.33. The molecule has 6 nitrogen and oxygen atoms in total. The van der Waals surface area contributed by atoms with Gasteiger partial charge >= 0.3 is 0 Å². The van der Waals surface area contributed by atoms with Crippen LogP contribution in [0.3, 0.4) is 0 Å². The highest BCUT2D eigenvalue weighted by Gasteiger charge is 2.15. The highest BCUT2D eigenvalue weighted by atomic mass is 32.2. The largest absolute Gasteiger partial charge is 0.387 e. The van der Waals surface area contributed by atoms with E-state index in [-0.39, 0.29) is 7.43 Å². The second-order valence-electron chi connectivity index (χ2n) is 6.43. The number of hydrogen-bond acceptors (Lipinski definition) is 4. The molecule has 0 aliphatic rings. The van der Waals surface area contributed by atoms with Gasteiger partial charge in [0.25, 0.3) is 10.2 Å². The van der Waals surface area contributed by atoms with Gasteiger partial charge in [-0.05, 0) is 37.2 Å². The van der Waals surface area contributed by atoms with Gasteiger partial charge in [-0.2, -0.15) is 8.42 Å². The molecule has 0 aliphatic heterocycles. The average molecular weight is 388 g/mol. The van der Waals surface area contributed by atoms with Crippen LogP contribution >= 0.6 is 0 Å². The van der Waals surface area contributed by atoms with E-state index in [9.17, 15) is 13.5 Å². The van der Waals surface area contributed by atoms with E-state index >= 15 is 0 Å². The number of rotatable bonds is 12. The molecule has 1 aromatic rings. The first kappa shape index (κ1) is 24.8. The molecular formula is C19H37N3O3S. The van der Waals surface area contributed by atoms with Gasteiger partial charge in [-0.3, -0.25) is 4.31 Å². The molecule has 3 N–H and O–H groups in total. The molecule has 1 rings (SSSR count). The number of likely N-dealkylation sites (N-methyl/N-ethyl adjacent to an activating group) is 1. The average Bonchev–Trinajstić information content (AvgIpc) is 2.59. The molecule has 0 heterocycles. The summed E-state index contributed by atoms with van der Waals surface area (Å²) >= 11 is 0. The summed E-state index contributed by atoms with van der Waals surface area (Å²) in [6.45, 7) is 6.78. The van der Waals surface area contributed by atoms with Gasteiger partial charge in [0.05, 0.1) is 11.8 Å². The fourth-order valence-electron chi connectivity index (χ4n) is 2.72. The smallest absolute Gasteiger partial charge is 0.298 e. The Hall–Kier alpha value is -1.15. The number of unbranched alkanes of at least 4 members (excludes halogenated alkanes) is 4. The van der Waals surface area contributed by atoms with Crippen LogP contribution in [0.4, 0.5) is 5.69 Å². The van der Waals surface area contributed by atoms with E-state index in [0.717, 1.165) is 29.4 Å². The van der Waals surface area contributed by atoms with Crippen LogP contribution in [0.5, 0.6) is 0 Å². The van der Waals surface area contributed by atoms with E-state index in [1.165, 1.54) is 32.7 Å². The molecular weight excluding hydrogens is 350 g/mol. The lowest BCUT2D eigenvalue weighted by Gasteiger charge is -2.24. The Morgan fingerprint density at radius 3 is 2.15 bits per heavy atom. The van der Waals surface area contributed by atoms with Crippen LogP contribution in [0.15, 0.2) is 24.3 Å². The summed E-state index contributed by atoms with van der Waals surface area (Å²) in [5.41, 5.74) is 1.25. The molecule has 152 valence electrons. The van der Waals surface area contributed by atoms with E-state index in [2.05, 4.69) is 18.7 Å². The maximum atomic E-state index is 11.3. The Balaban J connectivity index is 0.00000625. The van der Waals surface area contributed by atoms with Crippen LogP contribution in [0.1, 0.15) is 65.0 Å². The predicted molar refractivity (Wildman–Crippen MR) is 111 cm³/mol. The van der Waals surface area contributed by atoms with E-state index in [0.29, 0.717) is 12.2 Å². The van der Waals surface area contributed by atoms with Crippen LogP contribution in [0.2, 0.25) is 0 Å². The molecule has 0 amide bonds. The van der Waals surface area contributed by atoms with Crippen LogP contribution < -0.4 is 9.44 Å². The minimum atomic E-state index is -3.77. The maximum Gasteiger partial charge on any atom is 0.298 e. The van der Waals surface area contributed by atoms with Crippen LogP contribution in [0.25, 0.3) is 0 Å². The van der Waals surface area contributed by atoms with Crippen molar-refractivity contribution in [3.63, 3.8) is 0 Å². The number of aliphatic hydroxyl groups is 1. The Kier molecular flexibility index (Phi) is 11.7. The summed E-state index contributed by atoms with van der Waals surface area (Å²) in [6.07, 6.45) is 5.59. The molecule has 1 aromatic carbocycles. The van der Waals surface area contributed by atoms with Gasteiger partial charge < -0.3 is 10.0 Å². The van der Waals surface area contributed by atoms with E-state index in [1.54, 1.807) is 24.3 Å². The molecule has 0 saturated heterocycles. The van der Waals surface area contributed by atoms with Crippen LogP contribution in [-0.2, 0) is 10.2 Å². The monoisotopic (exact) mass is 387 g/mol. The van der Waals surface area contributed by atoms with Crippen molar-refractivity contribution in [3.8, 4) is 0 Å². The highest BCUT2D eigenvalue weighted by molar-refractivity contribution is 7.90. The second kappa shape index (κ2) is 12.3. The van der Waals surface area contributed by atoms with Crippen LogP contribution in [0, 0.1) is 0 Å². The van der Waals surface area contributed by atoms with Crippen molar-refractivity contribution >= 4 is 15.9 Å². The van der Waals surface area contributed by atoms with Crippen molar-refractivity contribution in [3.05, 3.63) is 29.8 Å². The highest BCUT2D eigenvalue weighted by Crippen LogP contribution is 2.20. The van der Waals surface area contributed by atoms with Crippen molar-refractivity contribution in [2.45, 2.75) is 59.5 Å². The summed E-state index contributed by atoms with van der Waals surface area (Å²) < 4.78 is 23.7. The summed E-state index contributed by atoms with van der Waals surface area (Å²) in [5.74, 6) is 0. The third-order valence-corrected chi connectivity index (χ3v) is 5.45. The second-order valence-corrected chi connectivity index (χ2v) is 8.00. The minimum absolute atomic E-state index is 0. The van der Waals surface area contributed by atoms with Gasteiger partial charge in [-0.25, -0.2) is 5.14 Å². The fourth-order valence-corrected chi connectivity index (χ4v) is 3.14. The number of anilines is 1. The van der Waals surface area contributed by atoms with Crippen molar-refractivity contribution in [2.24, 2.45) is 5.14 Å². The fraction of sp³-hybridized carbons (Fsp3) is 0.684. The molecule has 26 heavy (non-hydrogen) atoms. The lowest BCUT2D eigenvalue weighted by molar-refractivity contribution is 0.115. The summed E-state index contributed by atoms with van der Waals surface area (Å²) in [4.78, 5) is 2.25. The molecule has 7 heteroatoms. The number of benzene rings is 1. The number of nitrogens with zero attached hydrogens (tertiary/aromatic N) is 2. The third-order valence-electron chi connectivity index (χ3n) is 4.48. The topological polar surface area (TPSA) is 86.9 Å². The first-order valence-electron chi connectivity index (χ1n) is 9.06. The van der Waals surface area contributed by atoms with Gasteiger partial charge in [0.15, 0.2) is 0 Å². The zero-order chi connectivity index (χ0) is 18.9. The first-order chi connectivity index (χ1) is 11.8. The standard InChI is InChI=1S/C18H33N3O3S.CH4/c1-4-6-7-8-9-14-21(5-2)15-18(22)16-10-12-17(13-11-16)20(3)25(19,23)24;/h10-13,18,22H,4-9,14-15H2,1-3H3,(H2,19,23,24);1H4. The quantitative estimate of drug-likeness (QED) is 0.539. The molecule has 0 aromatic heterocycles. The summed E-state index contributed by atoms with van der Waals surface area (Å²) in [6, 6.07) is 6.81. The predicted octanol–water partition coefficient (Wildman–Crippen LogP) is 3.29. The molecule has 0 spiro atoms. The molecule has 1 unspecified atom stereocenters. The SMILES string of the molecule is C.CCCCCCCN(CC)CC(O)c1ccc(N(C)S(N)(=O)=O)cc1. The lowest BCUT2D eigenvalue weighted by atomic mass is 10.1. The van der Waals surface area contributed by atoms with Crippen LogP contribution in [-0.4, -0.2) is 45.1 Å². The van der Waals surface area contributed by atoms with Crippen molar-refractivity contribution in [2.75, 3.05) is 31.0 Å². The normalized spacial score (nSPS) is 12.7. The molecule has 0 aliphatic carbocycles. The Bertz CT molecular complexity index is 591. The first-order valence-corrected chi connectivity index (χ1v) is 10.6. The van der Waals surface area contributed by atoms with E-state index < -0.39 is 16.3 Å². The molecule has 0 fully saturated rings. The van der Waals surface area contributed by atoms with Gasteiger partial charge in [0.1, 0.15) is 0 Å². The van der Waals surface area contributed by atoms with E-state index in [1.807, 2.05) is 0 Å². The van der Waals surface area contributed by atoms with Crippen molar-refractivity contribution in [1.29, 1.82) is 0 Å². The van der Waals surface area contributed by atoms with Gasteiger partial charge in [-0.1, -0.05) is 59.1 Å². The van der Waals surface area contributed by atoms with Crippen molar-refractivity contribution < 1.29 is 13.5 Å². The molecule has 0 bridgehead atoms. The maximum absolute atomic E-state index is 11.3. The zero-order valence-corrected chi connectivity index (χ0v) is 16.5. The molecule has 0 saturated carbocycles. The Labute approximate surface area is 160 Å². The van der Waals surface area contributed by atoms with E-state index in [4.69, 9.17) is 5.14 Å². The molecule has 1 atom stereocenters. The number of aliphatic hydroxyl groups excluding tert-OH is 1. The summed E-state index contributed by atoms with van der Waals surface area (Å²) in [5, 5.41) is 15.6. The summed E-state index contributed by atoms with van der Waals surface area (Å²) in [7, 11) is -2.37. The third kappa shape index (κ3) is 8.49. The number of hydrogen-bond donors (Lipinski definition) is 2. The number of nitrogens with two attached hydrogens (primary N) is 1. The minimum Gasteiger partial charge on any atom is -0.387 e. The zero-order valence-electron chi connectivity index (χ0n) is 15.7. The Morgan fingerprint density at radius 2 is 1.65 bits per heavy atom.